The van der Waals surface area contributed by atoms with Crippen LogP contribution in [0.3, 0.4) is 0 Å². The van der Waals surface area contributed by atoms with Gasteiger partial charge in [-0.05, 0) is 23.5 Å². The van der Waals surface area contributed by atoms with E-state index in [1.54, 1.807) is 0 Å². The molecule has 0 spiro atoms. The largest absolute Gasteiger partial charge is 0.409 e. The highest BCUT2D eigenvalue weighted by molar-refractivity contribution is 5.81. The lowest BCUT2D eigenvalue weighted by molar-refractivity contribution is 0.316. The maximum absolute atomic E-state index is 8.41. The first kappa shape index (κ1) is 8.10. The lowest BCUT2D eigenvalue weighted by Gasteiger charge is -2.29. The second kappa shape index (κ2) is 3.09. The van der Waals surface area contributed by atoms with Crippen LogP contribution in [-0.4, -0.2) is 11.0 Å². The maximum atomic E-state index is 8.41. The van der Waals surface area contributed by atoms with Gasteiger partial charge >= 0.3 is 0 Å². The predicted molar refractivity (Wildman–Crippen MR) is 50.9 cm³/mol. The van der Waals surface area contributed by atoms with Gasteiger partial charge < -0.3 is 10.9 Å². The van der Waals surface area contributed by atoms with Crippen LogP contribution in [0.1, 0.15) is 23.5 Å². The first-order valence-corrected chi connectivity index (χ1v) is 4.35. The molecule has 2 rings (SSSR count). The summed E-state index contributed by atoms with van der Waals surface area (Å²) in [5.74, 6) is 0.770. The molecule has 1 aliphatic rings. The van der Waals surface area contributed by atoms with E-state index in [0.717, 1.165) is 6.42 Å². The highest BCUT2D eigenvalue weighted by Crippen LogP contribution is 2.36. The Balaban J connectivity index is 2.10. The number of nitrogens with two attached hydrogens (primary N) is 1. The monoisotopic (exact) mass is 176 g/mol. The second-order valence-corrected chi connectivity index (χ2v) is 3.40. The van der Waals surface area contributed by atoms with Crippen molar-refractivity contribution in [3.8, 4) is 0 Å². The molecule has 0 fully saturated rings. The molecule has 1 aromatic carbocycles. The smallest absolute Gasteiger partial charge is 0.139 e. The van der Waals surface area contributed by atoms with Crippen molar-refractivity contribution in [3.05, 3.63) is 35.4 Å². The van der Waals surface area contributed by atoms with Gasteiger partial charge in [-0.2, -0.15) is 0 Å². The minimum Gasteiger partial charge on any atom is -0.409 e. The molecule has 3 nitrogen and oxygen atoms in total. The van der Waals surface area contributed by atoms with Crippen molar-refractivity contribution in [1.82, 2.24) is 0 Å². The standard InChI is InChI=1S/C10H12N2O/c11-10(12-13)6-8-5-7-3-1-2-4-9(7)8/h1-4,8,13H,5-6H2,(H2,11,12). The molecule has 3 N–H and O–H groups in total. The SMILES string of the molecule is NC(CC1Cc2ccccc21)=NO. The van der Waals surface area contributed by atoms with Gasteiger partial charge in [-0.15, -0.1) is 0 Å². The van der Waals surface area contributed by atoms with Gasteiger partial charge in [0.1, 0.15) is 5.84 Å². The van der Waals surface area contributed by atoms with E-state index < -0.39 is 0 Å². The van der Waals surface area contributed by atoms with E-state index in [1.807, 2.05) is 12.1 Å². The fourth-order valence-electron chi connectivity index (χ4n) is 1.84. The van der Waals surface area contributed by atoms with Crippen molar-refractivity contribution < 1.29 is 5.21 Å². The molecule has 0 radical (unpaired) electrons. The molecule has 1 atom stereocenters. The third-order valence-electron chi connectivity index (χ3n) is 2.55. The van der Waals surface area contributed by atoms with Gasteiger partial charge in [-0.25, -0.2) is 0 Å². The number of rotatable bonds is 2. The Labute approximate surface area is 76.9 Å². The van der Waals surface area contributed by atoms with Crippen LogP contribution in [0.15, 0.2) is 29.4 Å². The topological polar surface area (TPSA) is 58.6 Å². The maximum Gasteiger partial charge on any atom is 0.139 e. The van der Waals surface area contributed by atoms with Crippen molar-refractivity contribution in [2.24, 2.45) is 10.9 Å². The molecule has 3 heteroatoms. The number of hydrogen-bond acceptors (Lipinski definition) is 2. The van der Waals surface area contributed by atoms with Crippen LogP contribution in [0, 0.1) is 0 Å². The van der Waals surface area contributed by atoms with Crippen LogP contribution < -0.4 is 5.73 Å². The van der Waals surface area contributed by atoms with Gasteiger partial charge in [-0.1, -0.05) is 29.4 Å². The normalized spacial score (nSPS) is 20.6. The predicted octanol–water partition coefficient (Wildman–Crippen LogP) is 1.46. The van der Waals surface area contributed by atoms with E-state index in [0.29, 0.717) is 18.2 Å². The fourth-order valence-corrected chi connectivity index (χ4v) is 1.84. The highest BCUT2D eigenvalue weighted by atomic mass is 16.4. The van der Waals surface area contributed by atoms with E-state index in [4.69, 9.17) is 10.9 Å². The zero-order valence-electron chi connectivity index (χ0n) is 7.27. The van der Waals surface area contributed by atoms with Crippen molar-refractivity contribution in [1.29, 1.82) is 0 Å². The third-order valence-corrected chi connectivity index (χ3v) is 2.55. The number of nitrogens with zero attached hydrogens (tertiary/aromatic N) is 1. The molecular formula is C10H12N2O. The van der Waals surface area contributed by atoms with E-state index in [1.165, 1.54) is 11.1 Å². The summed E-state index contributed by atoms with van der Waals surface area (Å²) in [6, 6.07) is 8.29. The van der Waals surface area contributed by atoms with Crippen molar-refractivity contribution in [3.63, 3.8) is 0 Å². The molecule has 0 aromatic heterocycles. The van der Waals surface area contributed by atoms with E-state index >= 15 is 0 Å². The van der Waals surface area contributed by atoms with Crippen LogP contribution in [0.2, 0.25) is 0 Å². The fraction of sp³-hybridized carbons (Fsp3) is 0.300. The summed E-state index contributed by atoms with van der Waals surface area (Å²) in [7, 11) is 0. The Kier molecular flexibility index (Phi) is 1.93. The molecule has 13 heavy (non-hydrogen) atoms. The number of benzene rings is 1. The molecule has 0 heterocycles. The van der Waals surface area contributed by atoms with Gasteiger partial charge in [-0.3, -0.25) is 0 Å². The van der Waals surface area contributed by atoms with Gasteiger partial charge in [0.25, 0.3) is 0 Å². The summed E-state index contributed by atoms with van der Waals surface area (Å²) in [5.41, 5.74) is 8.17. The van der Waals surface area contributed by atoms with Crippen LogP contribution in [0.25, 0.3) is 0 Å². The average molecular weight is 176 g/mol. The molecule has 1 unspecified atom stereocenters. The summed E-state index contributed by atoms with van der Waals surface area (Å²) in [5, 5.41) is 11.4. The molecular weight excluding hydrogens is 164 g/mol. The Morgan fingerprint density at radius 2 is 2.31 bits per heavy atom. The summed E-state index contributed by atoms with van der Waals surface area (Å²) in [6.45, 7) is 0. The zero-order valence-corrected chi connectivity index (χ0v) is 7.27. The summed E-state index contributed by atoms with van der Waals surface area (Å²) >= 11 is 0. The number of fused-ring (bicyclic) bond motifs is 1. The van der Waals surface area contributed by atoms with Crippen LogP contribution in [0.4, 0.5) is 0 Å². The van der Waals surface area contributed by atoms with Gasteiger partial charge in [0, 0.05) is 6.42 Å². The average Bonchev–Trinajstić information content (AvgIpc) is 2.14. The lowest BCUT2D eigenvalue weighted by Crippen LogP contribution is -2.23. The van der Waals surface area contributed by atoms with Crippen LogP contribution in [0.5, 0.6) is 0 Å². The molecule has 0 aliphatic heterocycles. The molecule has 0 saturated carbocycles. The number of hydrogen-bond donors (Lipinski definition) is 2. The van der Waals surface area contributed by atoms with Crippen molar-refractivity contribution >= 4 is 5.84 Å². The number of amidine groups is 1. The van der Waals surface area contributed by atoms with Crippen LogP contribution in [-0.2, 0) is 6.42 Å². The molecule has 1 aromatic rings. The molecule has 0 amide bonds. The Bertz CT molecular complexity index is 347. The Morgan fingerprint density at radius 3 is 3.00 bits per heavy atom. The van der Waals surface area contributed by atoms with Crippen LogP contribution >= 0.6 is 0 Å². The summed E-state index contributed by atoms with van der Waals surface area (Å²) in [4.78, 5) is 0. The van der Waals surface area contributed by atoms with E-state index in [2.05, 4.69) is 17.3 Å². The number of oxime groups is 1. The highest BCUT2D eigenvalue weighted by Gasteiger charge is 2.25. The zero-order chi connectivity index (χ0) is 9.26. The Hall–Kier alpha value is -1.51. The minimum absolute atomic E-state index is 0.319. The third kappa shape index (κ3) is 1.37. The molecule has 68 valence electrons. The van der Waals surface area contributed by atoms with Gasteiger partial charge in [0.05, 0.1) is 0 Å². The minimum atomic E-state index is 0.319. The van der Waals surface area contributed by atoms with Gasteiger partial charge in [0.2, 0.25) is 0 Å². The molecule has 1 aliphatic carbocycles. The summed E-state index contributed by atoms with van der Waals surface area (Å²) in [6.07, 6.45) is 1.71. The van der Waals surface area contributed by atoms with E-state index in [9.17, 15) is 0 Å². The molecule has 0 bridgehead atoms. The van der Waals surface area contributed by atoms with Crippen molar-refractivity contribution in [2.75, 3.05) is 0 Å². The quantitative estimate of drug-likeness (QED) is 0.310. The van der Waals surface area contributed by atoms with Gasteiger partial charge in [0.15, 0.2) is 0 Å². The second-order valence-electron chi connectivity index (χ2n) is 3.40. The Morgan fingerprint density at radius 1 is 1.54 bits per heavy atom. The first-order valence-electron chi connectivity index (χ1n) is 4.35. The first-order chi connectivity index (χ1) is 6.31. The lowest BCUT2D eigenvalue weighted by atomic mass is 9.76. The molecule has 0 saturated heterocycles. The van der Waals surface area contributed by atoms with Crippen molar-refractivity contribution in [2.45, 2.75) is 18.8 Å². The van der Waals surface area contributed by atoms with E-state index in [-0.39, 0.29) is 0 Å². The summed E-state index contributed by atoms with van der Waals surface area (Å²) < 4.78 is 0.